The van der Waals surface area contributed by atoms with E-state index in [9.17, 15) is 0 Å². The summed E-state index contributed by atoms with van der Waals surface area (Å²) >= 11 is 0. The topological polar surface area (TPSA) is 21.1 Å². The molecule has 0 N–H and O–H groups in total. The van der Waals surface area contributed by atoms with E-state index in [4.69, 9.17) is 0 Å². The number of hydrogen-bond acceptors (Lipinski definition) is 2. The zero-order valence-corrected chi connectivity index (χ0v) is 15.1. The molecule has 27 heavy (non-hydrogen) atoms. The van der Waals surface area contributed by atoms with Crippen LogP contribution in [-0.4, -0.2) is 9.55 Å². The fourth-order valence-corrected chi connectivity index (χ4v) is 3.79. The van der Waals surface area contributed by atoms with E-state index in [1.807, 2.05) is 24.5 Å². The second-order valence-corrected chi connectivity index (χ2v) is 6.66. The summed E-state index contributed by atoms with van der Waals surface area (Å²) in [4.78, 5) is 6.63. The molecule has 5 aromatic rings. The first-order chi connectivity index (χ1) is 13.3. The van der Waals surface area contributed by atoms with E-state index in [0.717, 1.165) is 17.1 Å². The zero-order valence-electron chi connectivity index (χ0n) is 15.1. The summed E-state index contributed by atoms with van der Waals surface area (Å²) in [6, 6.07) is 29.7. The Morgan fingerprint density at radius 1 is 0.667 bits per heavy atom. The van der Waals surface area contributed by atoms with E-state index in [1.165, 1.54) is 21.8 Å². The third kappa shape index (κ3) is 2.56. The van der Waals surface area contributed by atoms with Crippen LogP contribution < -0.4 is 4.90 Å². The van der Waals surface area contributed by atoms with Crippen LogP contribution in [0.15, 0.2) is 97.3 Å². The minimum absolute atomic E-state index is 1.14. The van der Waals surface area contributed by atoms with Gasteiger partial charge in [0.25, 0.3) is 0 Å². The molecule has 0 atom stereocenters. The molecule has 2 aromatic heterocycles. The van der Waals surface area contributed by atoms with E-state index >= 15 is 0 Å². The standard InChI is InChI=1S/C24H19N3/c1-26-23-13-12-20(16-21(23)22-17-25-15-14-24(22)26)27(18-8-4-2-5-9-18)19-10-6-3-7-11-19/h2-17H,1H3. The molecule has 5 rings (SSSR count). The van der Waals surface area contributed by atoms with Gasteiger partial charge >= 0.3 is 0 Å². The van der Waals surface area contributed by atoms with Crippen molar-refractivity contribution in [1.82, 2.24) is 9.55 Å². The third-order valence-corrected chi connectivity index (χ3v) is 5.08. The maximum absolute atomic E-state index is 4.34. The summed E-state index contributed by atoms with van der Waals surface area (Å²) in [5.74, 6) is 0. The summed E-state index contributed by atoms with van der Waals surface area (Å²) in [7, 11) is 2.11. The summed E-state index contributed by atoms with van der Waals surface area (Å²) < 4.78 is 2.23. The molecule has 0 unspecified atom stereocenters. The third-order valence-electron chi connectivity index (χ3n) is 5.08. The molecule has 0 aliphatic rings. The van der Waals surface area contributed by atoms with Crippen molar-refractivity contribution in [2.24, 2.45) is 7.05 Å². The summed E-state index contributed by atoms with van der Waals surface area (Å²) in [6.45, 7) is 0. The molecule has 0 bridgehead atoms. The Bertz CT molecular complexity index is 1180. The Labute approximate surface area is 158 Å². The van der Waals surface area contributed by atoms with Gasteiger partial charge in [0.15, 0.2) is 0 Å². The lowest BCUT2D eigenvalue weighted by Gasteiger charge is -2.25. The second-order valence-electron chi connectivity index (χ2n) is 6.66. The number of pyridine rings is 1. The first-order valence-corrected chi connectivity index (χ1v) is 9.05. The quantitative estimate of drug-likeness (QED) is 0.387. The predicted molar refractivity (Wildman–Crippen MR) is 113 cm³/mol. The van der Waals surface area contributed by atoms with Gasteiger partial charge in [-0.3, -0.25) is 4.98 Å². The highest BCUT2D eigenvalue weighted by atomic mass is 15.1. The van der Waals surface area contributed by atoms with Gasteiger partial charge in [-0.25, -0.2) is 0 Å². The lowest BCUT2D eigenvalue weighted by Crippen LogP contribution is -2.09. The highest BCUT2D eigenvalue weighted by molar-refractivity contribution is 6.09. The van der Waals surface area contributed by atoms with Gasteiger partial charge in [-0.05, 0) is 48.5 Å². The van der Waals surface area contributed by atoms with Crippen LogP contribution >= 0.6 is 0 Å². The van der Waals surface area contributed by atoms with Gasteiger partial charge in [-0.15, -0.1) is 0 Å². The number of anilines is 3. The summed E-state index contributed by atoms with van der Waals surface area (Å²) in [5, 5.41) is 2.40. The molecule has 0 saturated heterocycles. The average Bonchev–Trinajstić information content (AvgIpc) is 3.02. The fourth-order valence-electron chi connectivity index (χ4n) is 3.79. The lowest BCUT2D eigenvalue weighted by molar-refractivity contribution is 1.01. The molecule has 2 heterocycles. The van der Waals surface area contributed by atoms with Crippen LogP contribution in [0.5, 0.6) is 0 Å². The molecule has 0 spiro atoms. The Morgan fingerprint density at radius 3 is 1.96 bits per heavy atom. The zero-order chi connectivity index (χ0) is 18.2. The molecule has 3 heteroatoms. The molecular formula is C24H19N3. The molecule has 0 radical (unpaired) electrons. The maximum Gasteiger partial charge on any atom is 0.0519 e. The van der Waals surface area contributed by atoms with Crippen molar-refractivity contribution in [3.63, 3.8) is 0 Å². The molecule has 0 fully saturated rings. The van der Waals surface area contributed by atoms with Crippen molar-refractivity contribution in [3.05, 3.63) is 97.3 Å². The number of fused-ring (bicyclic) bond motifs is 3. The van der Waals surface area contributed by atoms with Gasteiger partial charge in [-0.2, -0.15) is 0 Å². The number of benzene rings is 3. The number of aryl methyl sites for hydroxylation is 1. The minimum atomic E-state index is 1.14. The van der Waals surface area contributed by atoms with E-state index in [2.05, 4.69) is 94.3 Å². The van der Waals surface area contributed by atoms with Crippen molar-refractivity contribution in [3.8, 4) is 0 Å². The number of para-hydroxylation sites is 2. The number of aromatic nitrogens is 2. The minimum Gasteiger partial charge on any atom is -0.344 e. The number of rotatable bonds is 3. The van der Waals surface area contributed by atoms with E-state index < -0.39 is 0 Å². The van der Waals surface area contributed by atoms with E-state index in [-0.39, 0.29) is 0 Å². The Balaban J connectivity index is 1.77. The molecular weight excluding hydrogens is 330 g/mol. The maximum atomic E-state index is 4.34. The predicted octanol–water partition coefficient (Wildman–Crippen LogP) is 6.20. The highest BCUT2D eigenvalue weighted by Crippen LogP contribution is 2.37. The van der Waals surface area contributed by atoms with Gasteiger partial charge < -0.3 is 9.47 Å². The average molecular weight is 349 g/mol. The van der Waals surface area contributed by atoms with Crippen LogP contribution in [0.4, 0.5) is 17.1 Å². The second kappa shape index (κ2) is 6.29. The van der Waals surface area contributed by atoms with Gasteiger partial charge in [0, 0.05) is 52.8 Å². The Kier molecular flexibility index (Phi) is 3.65. The van der Waals surface area contributed by atoms with E-state index in [0.29, 0.717) is 0 Å². The fraction of sp³-hybridized carbons (Fsp3) is 0.0417. The Hall–Kier alpha value is -3.59. The van der Waals surface area contributed by atoms with Crippen molar-refractivity contribution < 1.29 is 0 Å². The molecule has 3 nitrogen and oxygen atoms in total. The highest BCUT2D eigenvalue weighted by Gasteiger charge is 2.15. The summed E-state index contributed by atoms with van der Waals surface area (Å²) in [5.41, 5.74) is 5.82. The molecule has 130 valence electrons. The van der Waals surface area contributed by atoms with Crippen LogP contribution in [0.2, 0.25) is 0 Å². The van der Waals surface area contributed by atoms with Crippen molar-refractivity contribution >= 4 is 38.9 Å². The van der Waals surface area contributed by atoms with Crippen molar-refractivity contribution in [2.45, 2.75) is 0 Å². The molecule has 3 aromatic carbocycles. The van der Waals surface area contributed by atoms with Crippen LogP contribution in [0.3, 0.4) is 0 Å². The van der Waals surface area contributed by atoms with Gasteiger partial charge in [0.1, 0.15) is 0 Å². The van der Waals surface area contributed by atoms with Crippen LogP contribution in [-0.2, 0) is 7.05 Å². The molecule has 0 aliphatic carbocycles. The largest absolute Gasteiger partial charge is 0.344 e. The lowest BCUT2D eigenvalue weighted by atomic mass is 10.1. The number of hydrogen-bond donors (Lipinski definition) is 0. The summed E-state index contributed by atoms with van der Waals surface area (Å²) in [6.07, 6.45) is 3.80. The van der Waals surface area contributed by atoms with Gasteiger partial charge in [0.2, 0.25) is 0 Å². The number of nitrogens with zero attached hydrogens (tertiary/aromatic N) is 3. The Morgan fingerprint density at radius 2 is 1.30 bits per heavy atom. The first kappa shape index (κ1) is 15.6. The van der Waals surface area contributed by atoms with Crippen LogP contribution in [0.25, 0.3) is 21.8 Å². The van der Waals surface area contributed by atoms with Crippen molar-refractivity contribution in [2.75, 3.05) is 4.90 Å². The van der Waals surface area contributed by atoms with E-state index in [1.54, 1.807) is 0 Å². The molecule has 0 amide bonds. The van der Waals surface area contributed by atoms with Crippen LogP contribution in [0, 0.1) is 0 Å². The smallest absolute Gasteiger partial charge is 0.0519 e. The first-order valence-electron chi connectivity index (χ1n) is 9.05. The van der Waals surface area contributed by atoms with Gasteiger partial charge in [0.05, 0.1) is 5.52 Å². The monoisotopic (exact) mass is 349 g/mol. The molecule has 0 saturated carbocycles. The van der Waals surface area contributed by atoms with Crippen molar-refractivity contribution in [1.29, 1.82) is 0 Å². The molecule has 0 aliphatic heterocycles. The SMILES string of the molecule is Cn1c2ccncc2c2cc(N(c3ccccc3)c3ccccc3)ccc21. The van der Waals surface area contributed by atoms with Crippen LogP contribution in [0.1, 0.15) is 0 Å². The van der Waals surface area contributed by atoms with Gasteiger partial charge in [-0.1, -0.05) is 36.4 Å². The normalized spacial score (nSPS) is 11.1.